The standard InChI is InChI=1S/C52H69N5O17S3.C25H44N2O7S/c1-3-57-45-42(56-52(57)63)31-75-43(45)12-5-4-10-35(58)11-8-21-70-23-25-72-27-28-73-26-24-71-22-19-36(59)30-34(51(61)62)9-6-7-20-55-50(60)33-13-14-37(32(2)29-33)44-38-15-17-40(53)48(76(64,65)66)46(38)74-47-39(44)16-18-41(54)49(47)77(67,68)69;1-3-27-24-22(26-25(27)30)19-35-23(24)9-5-4-7-21(29)8-6-11-31-13-15-33-17-18-34-16-14-32-12-10-20(2)28/h13-18,29,34,42-43,45,53H,3-12,19-28,30-31,54H2,1-2H3,(H,55,60)(H,56,63)(H,61,62)(H,64,65,66)(H,67,68,69);22-24H,3-19H2,1-2H3,(H,26,30)/p-1/t34-,42+,43+,45+;22-,23-,24-/m10/s1. The average Bonchev–Trinajstić information content (AvgIpc) is 1.05. The molecule has 1 aliphatic carbocycles. The maximum atomic E-state index is 13.2. The van der Waals surface area contributed by atoms with Gasteiger partial charge in [0.05, 0.1) is 128 Å². The summed E-state index contributed by atoms with van der Waals surface area (Å²) in [5.41, 5.74) is 6.03. The third kappa shape index (κ3) is 29.2. The summed E-state index contributed by atoms with van der Waals surface area (Å²) in [6.07, 6.45) is 10.8. The van der Waals surface area contributed by atoms with Crippen molar-refractivity contribution in [2.75, 3.05) is 143 Å². The molecule has 0 bridgehead atoms. The smallest absolute Gasteiger partial charge is 0.318 e. The van der Waals surface area contributed by atoms with Crippen molar-refractivity contribution < 1.29 is 117 Å². The van der Waals surface area contributed by atoms with Crippen molar-refractivity contribution in [1.29, 1.82) is 0 Å². The van der Waals surface area contributed by atoms with Crippen LogP contribution in [-0.2, 0) is 82.1 Å². The first kappa shape index (κ1) is 92.5. The number of benzene rings is 3. The topological polar surface area (TPSA) is 452 Å². The van der Waals surface area contributed by atoms with E-state index < -0.39 is 70.2 Å². The third-order valence-corrected chi connectivity index (χ3v) is 24.5. The van der Waals surface area contributed by atoms with E-state index in [2.05, 4.69) is 16.0 Å². The summed E-state index contributed by atoms with van der Waals surface area (Å²) in [4.78, 5) is 99.1. The number of likely N-dealkylation sites (N-methyl/N-ethyl adjacent to an activating group) is 2. The predicted octanol–water partition coefficient (Wildman–Crippen LogP) is 6.23. The van der Waals surface area contributed by atoms with E-state index in [9.17, 15) is 69.4 Å². The van der Waals surface area contributed by atoms with Gasteiger partial charge >= 0.3 is 18.0 Å². The van der Waals surface area contributed by atoms with E-state index in [4.69, 9.17) is 53.5 Å². The van der Waals surface area contributed by atoms with E-state index in [1.165, 1.54) is 42.5 Å². The van der Waals surface area contributed by atoms with Crippen LogP contribution in [0.2, 0.25) is 0 Å². The van der Waals surface area contributed by atoms with Gasteiger partial charge in [-0.25, -0.2) is 26.4 Å². The van der Waals surface area contributed by atoms with Crippen molar-refractivity contribution in [3.8, 4) is 22.5 Å². The molecular formula is C77H112N7O24S4-. The van der Waals surface area contributed by atoms with E-state index in [1.54, 1.807) is 13.8 Å². The number of nitrogens with one attached hydrogen (secondary N) is 3. The number of hydrogen-bond donors (Lipinski definition) is 6. The maximum Gasteiger partial charge on any atom is 0.318 e. The van der Waals surface area contributed by atoms with Crippen LogP contribution in [-0.4, -0.2) is 259 Å². The number of thioether (sulfide) groups is 2. The Morgan fingerprint density at radius 3 is 1.53 bits per heavy atom. The van der Waals surface area contributed by atoms with Crippen LogP contribution in [0.4, 0.5) is 15.3 Å². The van der Waals surface area contributed by atoms with Crippen molar-refractivity contribution in [3.05, 3.63) is 58.9 Å². The number of nitrogens with two attached hydrogens (primary N) is 2. The first-order valence-corrected chi connectivity index (χ1v) is 43.6. The van der Waals surface area contributed by atoms with Crippen LogP contribution >= 0.6 is 23.5 Å². The number of nitrogens with zero attached hydrogens (tertiary/aromatic N) is 2. The third-order valence-electron chi connectivity index (χ3n) is 19.7. The molecule has 0 spiro atoms. The molecule has 6 aliphatic rings. The molecule has 4 fully saturated rings. The van der Waals surface area contributed by atoms with Crippen LogP contribution < -0.4 is 32.5 Å². The van der Waals surface area contributed by atoms with Crippen molar-refractivity contribution in [3.63, 3.8) is 0 Å². The quantitative estimate of drug-likeness (QED) is 0.00938. The fourth-order valence-electron chi connectivity index (χ4n) is 14.1. The minimum absolute atomic E-state index is 0.0370. The van der Waals surface area contributed by atoms with Crippen molar-refractivity contribution in [2.24, 2.45) is 5.92 Å². The first-order chi connectivity index (χ1) is 53.7. The highest BCUT2D eigenvalue weighted by molar-refractivity contribution is 8.00. The van der Waals surface area contributed by atoms with Crippen LogP contribution in [0.3, 0.4) is 0 Å². The van der Waals surface area contributed by atoms with Crippen LogP contribution in [0.1, 0.15) is 152 Å². The molecule has 4 saturated heterocycles. The molecule has 8 N–H and O–H groups in total. The number of aryl methyl sites for hydroxylation is 1. The first-order valence-electron chi connectivity index (χ1n) is 38.7. The van der Waals surface area contributed by atoms with Gasteiger partial charge in [0.1, 0.15) is 48.3 Å². The molecule has 0 saturated carbocycles. The summed E-state index contributed by atoms with van der Waals surface area (Å²) in [7, 11) is -10.6. The lowest BCUT2D eigenvalue weighted by atomic mass is 9.90. The monoisotopic (exact) mass is 1650 g/mol. The Balaban J connectivity index is 0.000000415. The minimum atomic E-state index is -5.31. The summed E-state index contributed by atoms with van der Waals surface area (Å²) in [6.45, 7) is 15.5. The summed E-state index contributed by atoms with van der Waals surface area (Å²) < 4.78 is 124. The minimum Gasteiger partial charge on any atom is -0.744 e. The molecule has 0 unspecified atom stereocenters. The number of carbonyl (C=O) groups is 8. The maximum absolute atomic E-state index is 13.2. The zero-order valence-corrected chi connectivity index (χ0v) is 67.9. The van der Waals surface area contributed by atoms with Crippen molar-refractivity contribution in [2.45, 2.75) is 188 Å². The molecule has 35 heteroatoms. The fourth-order valence-corrected chi connectivity index (χ4v) is 18.8. The summed E-state index contributed by atoms with van der Waals surface area (Å²) in [5.74, 6) is -0.731. The molecule has 5 heterocycles. The normalized spacial score (nSPS) is 18.3. The number of rotatable bonds is 56. The van der Waals surface area contributed by atoms with Crippen LogP contribution in [0.25, 0.3) is 33.4 Å². The second-order valence-corrected chi connectivity index (χ2v) is 33.1. The lowest BCUT2D eigenvalue weighted by Crippen LogP contribution is -2.47. The molecule has 112 heavy (non-hydrogen) atoms. The Morgan fingerprint density at radius 2 is 1.06 bits per heavy atom. The van der Waals surface area contributed by atoms with E-state index >= 15 is 0 Å². The number of carboxylic acids is 1. The Bertz CT molecular complexity index is 4020. The molecule has 0 aromatic heterocycles. The van der Waals surface area contributed by atoms with Crippen molar-refractivity contribution in [1.82, 2.24) is 25.8 Å². The van der Waals surface area contributed by atoms with Gasteiger partial charge in [0.15, 0.2) is 16.2 Å². The number of carboxylic acid groups (broad SMARTS) is 1. The van der Waals surface area contributed by atoms with Crippen LogP contribution in [0.15, 0.2) is 56.7 Å². The molecule has 0 radical (unpaired) electrons. The van der Waals surface area contributed by atoms with E-state index in [0.29, 0.717) is 177 Å². The molecule has 8 rings (SSSR count). The molecule has 2 aromatic carbocycles. The fraction of sp³-hybridized carbons (Fsp3) is 0.649. The lowest BCUT2D eigenvalue weighted by Gasteiger charge is -2.26. The van der Waals surface area contributed by atoms with E-state index in [-0.39, 0.29) is 115 Å². The largest absolute Gasteiger partial charge is 0.744 e. The molecule has 2 aromatic rings. The number of amides is 5. The summed E-state index contributed by atoms with van der Waals surface area (Å²) in [5, 5.41) is 25.1. The second kappa shape index (κ2) is 48.0. The van der Waals surface area contributed by atoms with Gasteiger partial charge in [-0.1, -0.05) is 25.3 Å². The number of nitrogen functional groups attached to an aromatic ring is 1. The molecule has 5 aliphatic heterocycles. The van der Waals surface area contributed by atoms with Gasteiger partial charge in [0, 0.05) is 128 Å². The average molecular weight is 1650 g/mol. The number of Topliss-reactive ketones (excluding diaryl/α,β-unsaturated/α-hetero) is 4. The van der Waals surface area contributed by atoms with E-state index in [1.807, 2.05) is 47.2 Å². The Kier molecular flexibility index (Phi) is 39.6. The van der Waals surface area contributed by atoms with Gasteiger partial charge in [0.25, 0.3) is 5.91 Å². The number of fused-ring (bicyclic) bond motifs is 4. The number of carbonyl (C=O) groups excluding carboxylic acids is 7. The summed E-state index contributed by atoms with van der Waals surface area (Å²) >= 11 is 3.88. The zero-order valence-electron chi connectivity index (χ0n) is 64.7. The second-order valence-electron chi connectivity index (χ2n) is 28.0. The number of aliphatic carboxylic acids is 1. The number of ketones is 4. The molecule has 7 atom stereocenters. The number of urea groups is 2. The SMILES string of the molecule is CCN1C(=O)N[C@H]2CS[C@@H](CCCCC(=O)CCCOCCOCCOCCOCCC(=O)C[C@@H](CCCCNC(=O)c3ccc(-c4c5ccc(=[NH2+])c(S(=O)(=O)[O-])c-5oc5c(S(=O)(=O)[O-])c(N)ccc45)c(C)c3)C(=O)O)[C@H]21.CCN1C(=O)N[C@H]2CS[C@@H](CCCCC(=O)CCCOCCOCCOCCOCCC(C)=O)[C@H]21. The van der Waals surface area contributed by atoms with Gasteiger partial charge in [-0.15, -0.1) is 0 Å². The Labute approximate surface area is 664 Å². The molecule has 31 nitrogen and oxygen atoms in total. The number of unbranched alkanes of at least 4 members (excludes halogenated alkanes) is 3. The number of hydrogen-bond acceptors (Lipinski definition) is 26. The Hall–Kier alpha value is -6.71. The summed E-state index contributed by atoms with van der Waals surface area (Å²) in [6, 6.07) is 10.8. The number of ether oxygens (including phenoxy) is 8. The highest BCUT2D eigenvalue weighted by Gasteiger charge is 2.49. The molecule has 624 valence electrons. The Morgan fingerprint density at radius 1 is 0.598 bits per heavy atom. The molecular weight excluding hydrogens is 1540 g/mol. The highest BCUT2D eigenvalue weighted by Crippen LogP contribution is 2.46. The zero-order chi connectivity index (χ0) is 81.2. The van der Waals surface area contributed by atoms with Gasteiger partial charge in [0.2, 0.25) is 5.36 Å². The van der Waals surface area contributed by atoms with Gasteiger partial charge in [-0.3, -0.25) is 34.2 Å². The van der Waals surface area contributed by atoms with E-state index in [0.717, 1.165) is 63.0 Å². The highest BCUT2D eigenvalue weighted by atomic mass is 32.2. The lowest BCUT2D eigenvalue weighted by molar-refractivity contribution is -0.176. The van der Waals surface area contributed by atoms with Gasteiger partial charge in [-0.2, -0.15) is 23.5 Å². The van der Waals surface area contributed by atoms with Crippen LogP contribution in [0, 0.1) is 12.8 Å². The van der Waals surface area contributed by atoms with Gasteiger partial charge in [-0.05, 0) is 121 Å². The van der Waals surface area contributed by atoms with Crippen molar-refractivity contribution >= 4 is 107 Å². The van der Waals surface area contributed by atoms with Gasteiger partial charge < -0.3 is 88.0 Å². The van der Waals surface area contributed by atoms with Crippen LogP contribution in [0.5, 0.6) is 0 Å². The molecule has 5 amide bonds. The predicted molar refractivity (Wildman–Crippen MR) is 417 cm³/mol. The number of anilines is 1.